The Morgan fingerprint density at radius 1 is 1.21 bits per heavy atom. The van der Waals surface area contributed by atoms with E-state index in [0.29, 0.717) is 18.7 Å². The highest BCUT2D eigenvalue weighted by molar-refractivity contribution is 9.10. The van der Waals surface area contributed by atoms with E-state index in [0.717, 1.165) is 71.0 Å². The van der Waals surface area contributed by atoms with E-state index in [1.54, 1.807) is 11.3 Å². The molecule has 182 valence electrons. The molecular weight excluding hydrogens is 500 g/mol. The molecule has 0 unspecified atom stereocenters. The number of piperidine rings is 2. The lowest BCUT2D eigenvalue weighted by Crippen LogP contribution is -2.45. The minimum absolute atomic E-state index is 0.113. The number of amides is 1. The number of rotatable bonds is 8. The van der Waals surface area contributed by atoms with Crippen LogP contribution in [0.4, 0.5) is 5.13 Å². The number of hydrogen-bond donors (Lipinski definition) is 1. The maximum Gasteiger partial charge on any atom is 0.223 e. The number of nitrogens with zero attached hydrogens (tertiary/aromatic N) is 3. The molecule has 6 nitrogen and oxygen atoms in total. The number of benzene rings is 1. The van der Waals surface area contributed by atoms with Crippen molar-refractivity contribution in [3.63, 3.8) is 0 Å². The quantitative estimate of drug-likeness (QED) is 0.455. The molecule has 4 rings (SSSR count). The third kappa shape index (κ3) is 6.01. The first-order valence-corrected chi connectivity index (χ1v) is 14.1. The van der Waals surface area contributed by atoms with E-state index in [2.05, 4.69) is 51.0 Å². The Labute approximate surface area is 210 Å². The van der Waals surface area contributed by atoms with Crippen LogP contribution in [-0.2, 0) is 4.79 Å². The van der Waals surface area contributed by atoms with Gasteiger partial charge in [-0.2, -0.15) is 0 Å². The molecule has 33 heavy (non-hydrogen) atoms. The predicted octanol–water partition coefficient (Wildman–Crippen LogP) is 5.44. The average molecular weight is 538 g/mol. The van der Waals surface area contributed by atoms with Crippen LogP contribution in [-0.4, -0.2) is 60.7 Å². The summed E-state index contributed by atoms with van der Waals surface area (Å²) in [7, 11) is 0. The molecule has 2 aliphatic heterocycles. The lowest BCUT2D eigenvalue weighted by Gasteiger charge is -2.39. The summed E-state index contributed by atoms with van der Waals surface area (Å²) in [5, 5.41) is 4.24. The number of fused-ring (bicyclic) bond motifs is 1. The van der Waals surface area contributed by atoms with Gasteiger partial charge in [-0.1, -0.05) is 17.8 Å². The molecule has 0 saturated carbocycles. The van der Waals surface area contributed by atoms with Gasteiger partial charge in [-0.15, -0.1) is 0 Å². The van der Waals surface area contributed by atoms with Crippen LogP contribution < -0.4 is 15.0 Å². The van der Waals surface area contributed by atoms with Crippen LogP contribution in [0.15, 0.2) is 16.6 Å². The van der Waals surface area contributed by atoms with E-state index < -0.39 is 0 Å². The second kappa shape index (κ2) is 11.4. The Bertz CT molecular complexity index is 934. The van der Waals surface area contributed by atoms with Gasteiger partial charge in [-0.05, 0) is 74.9 Å². The second-order valence-electron chi connectivity index (χ2n) is 9.45. The summed E-state index contributed by atoms with van der Waals surface area (Å²) >= 11 is 5.28. The van der Waals surface area contributed by atoms with Crippen molar-refractivity contribution in [1.29, 1.82) is 0 Å². The summed E-state index contributed by atoms with van der Waals surface area (Å²) in [5.74, 6) is 1.20. The van der Waals surface area contributed by atoms with Gasteiger partial charge in [0.1, 0.15) is 5.75 Å². The predicted molar refractivity (Wildman–Crippen MR) is 141 cm³/mol. The lowest BCUT2D eigenvalue weighted by atomic mass is 9.96. The molecular formula is C25H37BrN4O2S. The molecule has 1 N–H and O–H groups in total. The topological polar surface area (TPSA) is 57.7 Å². The van der Waals surface area contributed by atoms with Gasteiger partial charge in [0, 0.05) is 50.2 Å². The molecule has 2 atom stereocenters. The number of carbonyl (C=O) groups is 1. The summed E-state index contributed by atoms with van der Waals surface area (Å²) in [4.78, 5) is 22.5. The van der Waals surface area contributed by atoms with Gasteiger partial charge >= 0.3 is 0 Å². The summed E-state index contributed by atoms with van der Waals surface area (Å²) in [6.45, 7) is 10.9. The summed E-state index contributed by atoms with van der Waals surface area (Å²) < 4.78 is 7.77. The monoisotopic (exact) mass is 536 g/mol. The van der Waals surface area contributed by atoms with E-state index >= 15 is 0 Å². The molecule has 3 heterocycles. The maximum atomic E-state index is 12.7. The number of halogens is 1. The van der Waals surface area contributed by atoms with E-state index in [9.17, 15) is 4.79 Å². The fraction of sp³-hybridized carbons (Fsp3) is 0.680. The summed E-state index contributed by atoms with van der Waals surface area (Å²) in [5.41, 5.74) is 0.988. The van der Waals surface area contributed by atoms with E-state index in [1.807, 2.05) is 13.0 Å². The highest BCUT2D eigenvalue weighted by Gasteiger charge is 2.27. The Morgan fingerprint density at radius 3 is 2.64 bits per heavy atom. The number of ether oxygens (including phenoxy) is 1. The maximum absolute atomic E-state index is 12.7. The van der Waals surface area contributed by atoms with Crippen LogP contribution >= 0.6 is 27.3 Å². The second-order valence-corrected chi connectivity index (χ2v) is 11.3. The third-order valence-corrected chi connectivity index (χ3v) is 8.83. The molecule has 0 bridgehead atoms. The van der Waals surface area contributed by atoms with Crippen LogP contribution in [0.5, 0.6) is 5.75 Å². The van der Waals surface area contributed by atoms with Crippen molar-refractivity contribution >= 4 is 48.5 Å². The number of nitrogens with one attached hydrogen (secondary N) is 1. The summed E-state index contributed by atoms with van der Waals surface area (Å²) in [6, 6.07) is 5.44. The van der Waals surface area contributed by atoms with Crippen molar-refractivity contribution in [2.24, 2.45) is 5.92 Å². The molecule has 2 aliphatic rings. The summed E-state index contributed by atoms with van der Waals surface area (Å²) in [6.07, 6.45) is 6.75. The number of thiazole rings is 1. The van der Waals surface area contributed by atoms with Gasteiger partial charge in [-0.3, -0.25) is 9.69 Å². The van der Waals surface area contributed by atoms with Crippen molar-refractivity contribution in [3.05, 3.63) is 16.6 Å². The highest BCUT2D eigenvalue weighted by Crippen LogP contribution is 2.37. The molecule has 0 spiro atoms. The highest BCUT2D eigenvalue weighted by atomic mass is 79.9. The van der Waals surface area contributed by atoms with E-state index in [4.69, 9.17) is 9.72 Å². The van der Waals surface area contributed by atoms with Crippen LogP contribution in [0.3, 0.4) is 0 Å². The minimum atomic E-state index is 0.113. The molecule has 2 aromatic rings. The molecule has 8 heteroatoms. The Morgan fingerprint density at radius 2 is 1.94 bits per heavy atom. The molecule has 1 aromatic heterocycles. The van der Waals surface area contributed by atoms with E-state index in [-0.39, 0.29) is 11.8 Å². The minimum Gasteiger partial charge on any atom is -0.493 e. The van der Waals surface area contributed by atoms with Crippen molar-refractivity contribution in [2.75, 3.05) is 37.7 Å². The standard InChI is InChI=1S/C25H37BrN4O2S/c1-4-32-22-16-23-21(15-20(22)26)28-25(33-23)29-13-9-19(10-14-29)24(31)27-11-6-12-30-17(2)7-5-8-18(30)3/h15-19H,4-14H2,1-3H3,(H,27,31)/t17-,18+. The Balaban J connectivity index is 1.23. The van der Waals surface area contributed by atoms with Crippen LogP contribution in [0.1, 0.15) is 59.3 Å². The smallest absolute Gasteiger partial charge is 0.223 e. The Kier molecular flexibility index (Phi) is 8.52. The SMILES string of the molecule is CCOc1cc2sc(N3CCC(C(=O)NCCCN4[C@H](C)CCC[C@@H]4C)CC3)nc2cc1Br. The molecule has 0 aliphatic carbocycles. The number of likely N-dealkylation sites (tertiary alicyclic amines) is 1. The zero-order chi connectivity index (χ0) is 23.4. The van der Waals surface area contributed by atoms with Gasteiger partial charge in [-0.25, -0.2) is 4.98 Å². The first-order valence-electron chi connectivity index (χ1n) is 12.5. The molecule has 2 fully saturated rings. The van der Waals surface area contributed by atoms with Gasteiger partial charge in [0.2, 0.25) is 5.91 Å². The fourth-order valence-electron chi connectivity index (χ4n) is 5.18. The van der Waals surface area contributed by atoms with Crippen molar-refractivity contribution in [2.45, 2.75) is 71.4 Å². The van der Waals surface area contributed by atoms with Crippen LogP contribution in [0, 0.1) is 5.92 Å². The molecule has 1 aromatic carbocycles. The average Bonchev–Trinajstić information content (AvgIpc) is 3.21. The number of anilines is 1. The van der Waals surface area contributed by atoms with Gasteiger partial charge in [0.25, 0.3) is 0 Å². The van der Waals surface area contributed by atoms with Crippen LogP contribution in [0.2, 0.25) is 0 Å². The molecule has 1 amide bonds. The zero-order valence-electron chi connectivity index (χ0n) is 20.1. The van der Waals surface area contributed by atoms with Crippen LogP contribution in [0.25, 0.3) is 10.2 Å². The number of carbonyl (C=O) groups excluding carboxylic acids is 1. The first kappa shape index (κ1) is 24.7. The van der Waals surface area contributed by atoms with Gasteiger partial charge in [0.15, 0.2) is 5.13 Å². The number of aromatic nitrogens is 1. The molecule has 2 saturated heterocycles. The number of hydrogen-bond acceptors (Lipinski definition) is 6. The largest absolute Gasteiger partial charge is 0.493 e. The Hall–Kier alpha value is -1.38. The van der Waals surface area contributed by atoms with Gasteiger partial charge < -0.3 is 15.0 Å². The third-order valence-electron chi connectivity index (χ3n) is 7.14. The first-order chi connectivity index (χ1) is 16.0. The molecule has 0 radical (unpaired) electrons. The van der Waals surface area contributed by atoms with Crippen molar-refractivity contribution < 1.29 is 9.53 Å². The normalized spacial score (nSPS) is 22.6. The van der Waals surface area contributed by atoms with Crippen molar-refractivity contribution in [3.8, 4) is 5.75 Å². The lowest BCUT2D eigenvalue weighted by molar-refractivity contribution is -0.125. The zero-order valence-corrected chi connectivity index (χ0v) is 22.5. The fourth-order valence-corrected chi connectivity index (χ4v) is 6.66. The van der Waals surface area contributed by atoms with Crippen molar-refractivity contribution in [1.82, 2.24) is 15.2 Å². The van der Waals surface area contributed by atoms with Gasteiger partial charge in [0.05, 0.1) is 21.3 Å². The van der Waals surface area contributed by atoms with E-state index in [1.165, 1.54) is 19.3 Å².